The number of hydrogen-bond donors (Lipinski definition) is 0. The largest absolute Gasteiger partial charge is 0.347 e. The van der Waals surface area contributed by atoms with Gasteiger partial charge in [-0.3, -0.25) is 9.59 Å². The van der Waals surface area contributed by atoms with E-state index in [0.29, 0.717) is 11.8 Å². The minimum atomic E-state index is -0.193. The van der Waals surface area contributed by atoms with Gasteiger partial charge in [-0.05, 0) is 43.1 Å². The summed E-state index contributed by atoms with van der Waals surface area (Å²) in [5, 5.41) is 6.65. The molecule has 5 nitrogen and oxygen atoms in total. The van der Waals surface area contributed by atoms with Crippen molar-refractivity contribution < 1.29 is 9.59 Å². The first-order chi connectivity index (χ1) is 13.1. The third-order valence-corrected chi connectivity index (χ3v) is 7.39. The van der Waals surface area contributed by atoms with Gasteiger partial charge in [-0.15, -0.1) is 0 Å². The molecule has 4 aliphatic carbocycles. The van der Waals surface area contributed by atoms with Crippen molar-refractivity contribution in [2.45, 2.75) is 13.3 Å². The van der Waals surface area contributed by atoms with E-state index in [4.69, 9.17) is 0 Å². The number of aryl methyl sites for hydroxylation is 1. The molecule has 3 fully saturated rings. The maximum Gasteiger partial charge on any atom is 0.254 e. The van der Waals surface area contributed by atoms with Crippen LogP contribution in [0.5, 0.6) is 0 Å². The molecule has 2 heterocycles. The molecule has 0 unspecified atom stereocenters. The number of rotatable bonds is 2. The van der Waals surface area contributed by atoms with Crippen LogP contribution in [0.3, 0.4) is 0 Å². The van der Waals surface area contributed by atoms with Crippen LogP contribution in [0.25, 0.3) is 10.9 Å². The van der Waals surface area contributed by atoms with Gasteiger partial charge in [0.1, 0.15) is 0 Å². The molecule has 2 aromatic rings. The van der Waals surface area contributed by atoms with Crippen LogP contribution in [0, 0.1) is 42.4 Å². The molecule has 1 aromatic heterocycles. The van der Waals surface area contributed by atoms with E-state index in [0.717, 1.165) is 27.2 Å². The summed E-state index contributed by atoms with van der Waals surface area (Å²) in [4.78, 5) is 26.1. The SMILES string of the molecule is Cc1c(/C=N\N2C(=O)[C@@H]3[C@H]4C=C[C@@H]([C@@H]5C[C@H]45)[C@H]3C2=O)c2ccccc2n1C. The zero-order valence-corrected chi connectivity index (χ0v) is 15.4. The van der Waals surface area contributed by atoms with Gasteiger partial charge in [0, 0.05) is 29.2 Å². The second-order valence-electron chi connectivity index (χ2n) is 8.46. The highest BCUT2D eigenvalue weighted by atomic mass is 16.2. The molecular formula is C22H21N3O2. The fraction of sp³-hybridized carbons (Fsp3) is 0.409. The van der Waals surface area contributed by atoms with Gasteiger partial charge in [-0.2, -0.15) is 10.1 Å². The van der Waals surface area contributed by atoms with E-state index in [1.165, 1.54) is 6.42 Å². The fourth-order valence-corrected chi connectivity index (χ4v) is 5.88. The first kappa shape index (κ1) is 15.4. The maximum absolute atomic E-state index is 13.0. The molecule has 1 aliphatic heterocycles. The van der Waals surface area contributed by atoms with Crippen molar-refractivity contribution in [2.75, 3.05) is 0 Å². The molecule has 5 aliphatic rings. The van der Waals surface area contributed by atoms with E-state index in [9.17, 15) is 9.59 Å². The summed E-state index contributed by atoms with van der Waals surface area (Å²) >= 11 is 0. The predicted octanol–water partition coefficient (Wildman–Crippen LogP) is 2.87. The minimum absolute atomic E-state index is 0.108. The van der Waals surface area contributed by atoms with Gasteiger partial charge < -0.3 is 4.57 Å². The summed E-state index contributed by atoms with van der Waals surface area (Å²) in [6.07, 6.45) is 7.25. The number of amides is 2. The smallest absolute Gasteiger partial charge is 0.254 e. The van der Waals surface area contributed by atoms with E-state index in [-0.39, 0.29) is 35.5 Å². The Hall–Kier alpha value is -2.69. The first-order valence-corrected chi connectivity index (χ1v) is 9.72. The number of aromatic nitrogens is 1. The Bertz CT molecular complexity index is 1040. The standard InChI is InChI=1S/C22H21N3O2/c1-11-17(12-5-3-4-6-18(12)24(11)2)10-23-25-21(26)19-13-7-8-14(16-9-15(13)16)20(19)22(25)27/h3-8,10,13-16,19-20H,9H2,1-2H3/b23-10-/t13-,14-,15-,16+,19+,20+/m0/s1. The number of carbonyl (C=O) groups excluding carboxylic acids is 2. The van der Waals surface area contributed by atoms with Gasteiger partial charge >= 0.3 is 0 Å². The van der Waals surface area contributed by atoms with Gasteiger partial charge in [-0.1, -0.05) is 30.4 Å². The predicted molar refractivity (Wildman–Crippen MR) is 102 cm³/mol. The van der Waals surface area contributed by atoms with E-state index < -0.39 is 0 Å². The molecule has 5 heteroatoms. The van der Waals surface area contributed by atoms with Crippen LogP contribution >= 0.6 is 0 Å². The Morgan fingerprint density at radius 3 is 2.33 bits per heavy atom. The van der Waals surface area contributed by atoms with E-state index in [1.54, 1.807) is 6.21 Å². The topological polar surface area (TPSA) is 54.7 Å². The minimum Gasteiger partial charge on any atom is -0.347 e. The lowest BCUT2D eigenvalue weighted by molar-refractivity contribution is -0.140. The normalized spacial score (nSPS) is 36.1. The van der Waals surface area contributed by atoms with Gasteiger partial charge in [0.05, 0.1) is 18.1 Å². The highest BCUT2D eigenvalue weighted by molar-refractivity contribution is 6.08. The third kappa shape index (κ3) is 1.82. The number of hydrogen-bond acceptors (Lipinski definition) is 3. The molecule has 0 radical (unpaired) electrons. The number of benzene rings is 1. The van der Waals surface area contributed by atoms with Crippen molar-refractivity contribution in [3.63, 3.8) is 0 Å². The van der Waals surface area contributed by atoms with Gasteiger partial charge in [0.2, 0.25) is 0 Å². The monoisotopic (exact) mass is 359 g/mol. The van der Waals surface area contributed by atoms with Crippen LogP contribution in [-0.2, 0) is 16.6 Å². The average molecular weight is 359 g/mol. The summed E-state index contributed by atoms with van der Waals surface area (Å²) in [6.45, 7) is 2.03. The second kappa shape index (κ2) is 4.97. The van der Waals surface area contributed by atoms with Gasteiger partial charge in [-0.25, -0.2) is 0 Å². The Morgan fingerprint density at radius 1 is 1.04 bits per heavy atom. The zero-order valence-electron chi connectivity index (χ0n) is 15.4. The van der Waals surface area contributed by atoms with Crippen molar-refractivity contribution >= 4 is 28.9 Å². The molecular weight excluding hydrogens is 338 g/mol. The van der Waals surface area contributed by atoms with Gasteiger partial charge in [0.25, 0.3) is 11.8 Å². The lowest BCUT2D eigenvalue weighted by atomic mass is 9.63. The number of para-hydroxylation sites is 1. The van der Waals surface area contributed by atoms with E-state index in [2.05, 4.69) is 34.0 Å². The second-order valence-corrected chi connectivity index (χ2v) is 8.46. The number of hydrazone groups is 1. The average Bonchev–Trinajstić information content (AvgIpc) is 3.43. The zero-order chi connectivity index (χ0) is 18.4. The number of carbonyl (C=O) groups is 2. The molecule has 136 valence electrons. The van der Waals surface area contributed by atoms with E-state index >= 15 is 0 Å². The molecule has 0 spiro atoms. The lowest BCUT2D eigenvalue weighted by Gasteiger charge is -2.37. The Labute approximate surface area is 157 Å². The molecule has 1 aromatic carbocycles. The van der Waals surface area contributed by atoms with Crippen molar-refractivity contribution in [3.05, 3.63) is 47.7 Å². The molecule has 2 amide bonds. The Balaban J connectivity index is 1.38. The Morgan fingerprint density at radius 2 is 1.67 bits per heavy atom. The van der Waals surface area contributed by atoms with Crippen LogP contribution in [-0.4, -0.2) is 27.6 Å². The summed E-state index contributed by atoms with van der Waals surface area (Å²) < 4.78 is 2.11. The van der Waals surface area contributed by atoms with Crippen molar-refractivity contribution in [3.8, 4) is 0 Å². The van der Waals surface area contributed by atoms with Crippen LogP contribution in [0.2, 0.25) is 0 Å². The molecule has 0 N–H and O–H groups in total. The molecule has 1 saturated heterocycles. The Kier molecular flexibility index (Phi) is 2.83. The number of nitrogens with zero attached hydrogens (tertiary/aromatic N) is 3. The van der Waals surface area contributed by atoms with Crippen molar-refractivity contribution in [1.82, 2.24) is 9.58 Å². The highest BCUT2D eigenvalue weighted by Gasteiger charge is 2.67. The van der Waals surface area contributed by atoms with E-state index in [1.807, 2.05) is 26.1 Å². The molecule has 2 saturated carbocycles. The van der Waals surface area contributed by atoms with Gasteiger partial charge in [0.15, 0.2) is 0 Å². The summed E-state index contributed by atoms with van der Waals surface area (Å²) in [7, 11) is 2.02. The summed E-state index contributed by atoms with van der Waals surface area (Å²) in [6, 6.07) is 8.12. The first-order valence-electron chi connectivity index (χ1n) is 9.72. The molecule has 27 heavy (non-hydrogen) atoms. The third-order valence-electron chi connectivity index (χ3n) is 7.39. The lowest BCUT2D eigenvalue weighted by Crippen LogP contribution is -2.40. The van der Waals surface area contributed by atoms with Crippen molar-refractivity contribution in [1.29, 1.82) is 0 Å². The number of imide groups is 1. The fourth-order valence-electron chi connectivity index (χ4n) is 5.88. The van der Waals surface area contributed by atoms with Crippen LogP contribution in [0.15, 0.2) is 41.5 Å². The van der Waals surface area contributed by atoms with Crippen LogP contribution in [0.1, 0.15) is 17.7 Å². The summed E-state index contributed by atoms with van der Waals surface area (Å²) in [5.41, 5.74) is 3.15. The molecule has 2 bridgehead atoms. The molecule has 6 atom stereocenters. The highest BCUT2D eigenvalue weighted by Crippen LogP contribution is 2.65. The maximum atomic E-state index is 13.0. The summed E-state index contributed by atoms with van der Waals surface area (Å²) in [5.74, 6) is 1.10. The van der Waals surface area contributed by atoms with Crippen LogP contribution < -0.4 is 0 Å². The van der Waals surface area contributed by atoms with Crippen LogP contribution in [0.4, 0.5) is 0 Å². The molecule has 7 rings (SSSR count). The quantitative estimate of drug-likeness (QED) is 0.470. The number of fused-ring (bicyclic) bond motifs is 1. The van der Waals surface area contributed by atoms with Crippen molar-refractivity contribution in [2.24, 2.45) is 47.7 Å². The number of allylic oxidation sites excluding steroid dienone is 2.